The van der Waals surface area contributed by atoms with Crippen LogP contribution in [-0.4, -0.2) is 5.91 Å². The van der Waals surface area contributed by atoms with Crippen molar-refractivity contribution < 1.29 is 9.21 Å². The van der Waals surface area contributed by atoms with Gasteiger partial charge in [-0.1, -0.05) is 12.1 Å². The van der Waals surface area contributed by atoms with Crippen LogP contribution in [0.4, 0.5) is 5.69 Å². The minimum absolute atomic E-state index is 0.0973. The lowest BCUT2D eigenvalue weighted by Crippen LogP contribution is -2.26. The Kier molecular flexibility index (Phi) is 3.72. The van der Waals surface area contributed by atoms with Gasteiger partial charge in [0.25, 0.3) is 5.91 Å². The molecule has 0 spiro atoms. The van der Waals surface area contributed by atoms with E-state index < -0.39 is 0 Å². The van der Waals surface area contributed by atoms with Gasteiger partial charge in [0.05, 0.1) is 17.9 Å². The minimum Gasteiger partial charge on any atom is -0.457 e. The Morgan fingerprint density at radius 1 is 1.33 bits per heavy atom. The van der Waals surface area contributed by atoms with Crippen molar-refractivity contribution in [3.63, 3.8) is 0 Å². The van der Waals surface area contributed by atoms with E-state index in [1.165, 1.54) is 6.26 Å². The number of benzene rings is 1. The summed E-state index contributed by atoms with van der Waals surface area (Å²) in [6.45, 7) is 1.91. The molecule has 5 heteroatoms. The molecular formula is C13H13BrN2O2. The number of carbonyl (C=O) groups excluding carboxylic acids is 1. The molecule has 0 aliphatic carbocycles. The van der Waals surface area contributed by atoms with Crippen LogP contribution in [0.1, 0.15) is 28.9 Å². The van der Waals surface area contributed by atoms with Crippen molar-refractivity contribution in [2.24, 2.45) is 0 Å². The molecule has 94 valence electrons. The third kappa shape index (κ3) is 2.73. The van der Waals surface area contributed by atoms with E-state index in [-0.39, 0.29) is 11.9 Å². The standard InChI is InChI=1S/C13H13BrN2O2/c1-8(9-2-4-10(15)5-3-9)16-13(17)11-6-7-18-12(11)14/h2-8H,15H2,1H3,(H,16,17). The van der Waals surface area contributed by atoms with Gasteiger partial charge in [0, 0.05) is 5.69 Å². The molecule has 1 atom stereocenters. The van der Waals surface area contributed by atoms with Crippen LogP contribution >= 0.6 is 15.9 Å². The Labute approximate surface area is 113 Å². The number of nitrogens with one attached hydrogen (secondary N) is 1. The zero-order valence-corrected chi connectivity index (χ0v) is 11.4. The fourth-order valence-corrected chi connectivity index (χ4v) is 2.02. The van der Waals surface area contributed by atoms with Crippen LogP contribution in [0.15, 0.2) is 45.7 Å². The van der Waals surface area contributed by atoms with Crippen LogP contribution in [0.3, 0.4) is 0 Å². The minimum atomic E-state index is -0.181. The number of furan rings is 1. The first-order valence-corrected chi connectivity index (χ1v) is 6.26. The maximum absolute atomic E-state index is 12.0. The molecule has 1 aromatic heterocycles. The van der Waals surface area contributed by atoms with Gasteiger partial charge in [-0.2, -0.15) is 0 Å². The van der Waals surface area contributed by atoms with Gasteiger partial charge < -0.3 is 15.5 Å². The Hall–Kier alpha value is -1.75. The van der Waals surface area contributed by atoms with Crippen LogP contribution in [0, 0.1) is 0 Å². The first-order chi connectivity index (χ1) is 8.58. The summed E-state index contributed by atoms with van der Waals surface area (Å²) in [4.78, 5) is 12.0. The number of amides is 1. The highest BCUT2D eigenvalue weighted by Crippen LogP contribution is 2.19. The number of anilines is 1. The molecule has 3 N–H and O–H groups in total. The number of hydrogen-bond acceptors (Lipinski definition) is 3. The maximum atomic E-state index is 12.0. The number of nitrogens with two attached hydrogens (primary N) is 1. The van der Waals surface area contributed by atoms with E-state index in [1.807, 2.05) is 31.2 Å². The number of hydrogen-bond donors (Lipinski definition) is 2. The van der Waals surface area contributed by atoms with E-state index in [0.29, 0.717) is 15.9 Å². The van der Waals surface area contributed by atoms with Gasteiger partial charge in [-0.25, -0.2) is 0 Å². The van der Waals surface area contributed by atoms with E-state index in [2.05, 4.69) is 21.2 Å². The van der Waals surface area contributed by atoms with Crippen molar-refractivity contribution >= 4 is 27.5 Å². The molecule has 0 saturated heterocycles. The van der Waals surface area contributed by atoms with Crippen LogP contribution in [0.25, 0.3) is 0 Å². The molecule has 0 saturated carbocycles. The summed E-state index contributed by atoms with van der Waals surface area (Å²) >= 11 is 3.18. The maximum Gasteiger partial charge on any atom is 0.256 e. The van der Waals surface area contributed by atoms with Crippen LogP contribution in [-0.2, 0) is 0 Å². The quantitative estimate of drug-likeness (QED) is 0.856. The van der Waals surface area contributed by atoms with Crippen molar-refractivity contribution in [1.29, 1.82) is 0 Å². The monoisotopic (exact) mass is 308 g/mol. The lowest BCUT2D eigenvalue weighted by Gasteiger charge is -2.14. The summed E-state index contributed by atoms with van der Waals surface area (Å²) in [5, 5.41) is 2.89. The van der Waals surface area contributed by atoms with Crippen molar-refractivity contribution in [2.75, 3.05) is 5.73 Å². The molecule has 2 rings (SSSR count). The third-order valence-electron chi connectivity index (χ3n) is 2.65. The average molecular weight is 309 g/mol. The average Bonchev–Trinajstić information content (AvgIpc) is 2.76. The number of halogens is 1. The molecule has 4 nitrogen and oxygen atoms in total. The van der Waals surface area contributed by atoms with Gasteiger partial charge in [0.2, 0.25) is 0 Å². The van der Waals surface area contributed by atoms with Gasteiger partial charge in [0.1, 0.15) is 0 Å². The molecule has 0 radical (unpaired) electrons. The summed E-state index contributed by atoms with van der Waals surface area (Å²) in [7, 11) is 0. The number of rotatable bonds is 3. The highest BCUT2D eigenvalue weighted by atomic mass is 79.9. The van der Waals surface area contributed by atoms with Crippen molar-refractivity contribution in [1.82, 2.24) is 5.32 Å². The van der Waals surface area contributed by atoms with E-state index in [9.17, 15) is 4.79 Å². The largest absolute Gasteiger partial charge is 0.457 e. The number of nitrogen functional groups attached to an aromatic ring is 1. The summed E-state index contributed by atoms with van der Waals surface area (Å²) in [5.74, 6) is -0.181. The molecule has 1 aromatic carbocycles. The highest BCUT2D eigenvalue weighted by molar-refractivity contribution is 9.10. The normalized spacial score (nSPS) is 12.1. The molecule has 1 heterocycles. The van der Waals surface area contributed by atoms with Gasteiger partial charge in [0.15, 0.2) is 4.67 Å². The molecule has 1 unspecified atom stereocenters. The van der Waals surface area contributed by atoms with E-state index >= 15 is 0 Å². The first-order valence-electron chi connectivity index (χ1n) is 5.47. The Morgan fingerprint density at radius 3 is 2.56 bits per heavy atom. The highest BCUT2D eigenvalue weighted by Gasteiger charge is 2.15. The summed E-state index contributed by atoms with van der Waals surface area (Å²) < 4.78 is 5.46. The number of carbonyl (C=O) groups is 1. The SMILES string of the molecule is CC(NC(=O)c1ccoc1Br)c1ccc(N)cc1. The van der Waals surface area contributed by atoms with Gasteiger partial charge in [-0.05, 0) is 46.6 Å². The fraction of sp³-hybridized carbons (Fsp3) is 0.154. The molecule has 2 aromatic rings. The Morgan fingerprint density at radius 2 is 2.00 bits per heavy atom. The van der Waals surface area contributed by atoms with E-state index in [4.69, 9.17) is 10.2 Å². The Balaban J connectivity index is 2.08. The smallest absolute Gasteiger partial charge is 0.256 e. The zero-order valence-electron chi connectivity index (χ0n) is 9.81. The molecule has 0 aliphatic heterocycles. The molecule has 0 fully saturated rings. The fourth-order valence-electron chi connectivity index (χ4n) is 1.60. The summed E-state index contributed by atoms with van der Waals surface area (Å²) in [5.41, 5.74) is 7.80. The van der Waals surface area contributed by atoms with Crippen LogP contribution in [0.5, 0.6) is 0 Å². The first kappa shape index (κ1) is 12.7. The van der Waals surface area contributed by atoms with Crippen molar-refractivity contribution in [2.45, 2.75) is 13.0 Å². The lowest BCUT2D eigenvalue weighted by atomic mass is 10.1. The topological polar surface area (TPSA) is 68.3 Å². The molecule has 18 heavy (non-hydrogen) atoms. The van der Waals surface area contributed by atoms with Gasteiger partial charge in [-0.15, -0.1) is 0 Å². The molecular weight excluding hydrogens is 296 g/mol. The predicted octanol–water partition coefficient (Wildman–Crippen LogP) is 3.12. The second-order valence-electron chi connectivity index (χ2n) is 3.97. The van der Waals surface area contributed by atoms with E-state index in [1.54, 1.807) is 6.07 Å². The molecule has 0 aliphatic rings. The zero-order chi connectivity index (χ0) is 13.1. The van der Waals surface area contributed by atoms with Crippen molar-refractivity contribution in [3.8, 4) is 0 Å². The summed E-state index contributed by atoms with van der Waals surface area (Å²) in [6, 6.07) is 8.93. The second-order valence-corrected chi connectivity index (χ2v) is 4.69. The summed E-state index contributed by atoms with van der Waals surface area (Å²) in [6.07, 6.45) is 1.47. The van der Waals surface area contributed by atoms with Gasteiger partial charge >= 0.3 is 0 Å². The molecule has 1 amide bonds. The van der Waals surface area contributed by atoms with E-state index in [0.717, 1.165) is 5.56 Å². The second kappa shape index (κ2) is 5.27. The van der Waals surface area contributed by atoms with Crippen LogP contribution < -0.4 is 11.1 Å². The Bertz CT molecular complexity index is 548. The predicted molar refractivity (Wildman–Crippen MR) is 73.1 cm³/mol. The van der Waals surface area contributed by atoms with Crippen molar-refractivity contribution in [3.05, 3.63) is 52.4 Å². The third-order valence-corrected chi connectivity index (χ3v) is 3.26. The van der Waals surface area contributed by atoms with Gasteiger partial charge in [-0.3, -0.25) is 4.79 Å². The van der Waals surface area contributed by atoms with Crippen LogP contribution in [0.2, 0.25) is 0 Å². The molecule has 0 bridgehead atoms. The lowest BCUT2D eigenvalue weighted by molar-refractivity contribution is 0.0938.